The molecule has 0 aromatic carbocycles. The number of likely N-dealkylation sites (tertiary alicyclic amines) is 1. The minimum Gasteiger partial charge on any atom is -0.494 e. The lowest BCUT2D eigenvalue weighted by Gasteiger charge is -2.32. The number of carbonyl (C=O) groups excluding carboxylic acids is 1. The van der Waals surface area contributed by atoms with Crippen molar-refractivity contribution in [3.8, 4) is 11.8 Å². The normalized spacial score (nSPS) is 17.7. The van der Waals surface area contributed by atoms with E-state index in [-0.39, 0.29) is 23.5 Å². The number of aromatic amines is 1. The van der Waals surface area contributed by atoms with Gasteiger partial charge in [0, 0.05) is 31.1 Å². The minimum absolute atomic E-state index is 0.159. The summed E-state index contributed by atoms with van der Waals surface area (Å²) in [4.78, 5) is 35.7. The number of aromatic nitrogens is 3. The largest absolute Gasteiger partial charge is 0.494 e. The van der Waals surface area contributed by atoms with Crippen molar-refractivity contribution in [2.75, 3.05) is 13.1 Å². The molecule has 1 saturated heterocycles. The summed E-state index contributed by atoms with van der Waals surface area (Å²) in [5.41, 5.74) is -0.357. The number of piperidine rings is 1. The number of nitrogens with zero attached hydrogens (tertiary/aromatic N) is 3. The van der Waals surface area contributed by atoms with Crippen molar-refractivity contribution < 1.29 is 14.6 Å². The van der Waals surface area contributed by atoms with E-state index in [4.69, 9.17) is 4.74 Å². The van der Waals surface area contributed by atoms with Gasteiger partial charge in [-0.2, -0.15) is 0 Å². The average molecular weight is 316 g/mol. The van der Waals surface area contributed by atoms with Crippen LogP contribution in [-0.2, 0) is 0 Å². The number of hydrogen-bond donors (Lipinski definition) is 2. The maximum atomic E-state index is 12.5. The van der Waals surface area contributed by atoms with Gasteiger partial charge in [0.1, 0.15) is 6.10 Å². The van der Waals surface area contributed by atoms with Crippen LogP contribution in [0.1, 0.15) is 23.2 Å². The molecule has 3 rings (SSSR count). The Balaban J connectivity index is 1.70. The molecule has 0 radical (unpaired) electrons. The smallest absolute Gasteiger partial charge is 0.254 e. The van der Waals surface area contributed by atoms with Crippen molar-refractivity contribution >= 4 is 5.91 Å². The second-order valence-corrected chi connectivity index (χ2v) is 5.30. The third kappa shape index (κ3) is 3.65. The van der Waals surface area contributed by atoms with Crippen LogP contribution >= 0.6 is 0 Å². The van der Waals surface area contributed by atoms with Crippen molar-refractivity contribution in [3.05, 3.63) is 46.6 Å². The van der Waals surface area contributed by atoms with Gasteiger partial charge in [0.25, 0.3) is 11.5 Å². The number of amides is 1. The summed E-state index contributed by atoms with van der Waals surface area (Å²) in [6.45, 7) is 0.968. The number of nitrogens with one attached hydrogen (secondary N) is 1. The molecule has 1 unspecified atom stereocenters. The molecule has 8 nitrogen and oxygen atoms in total. The summed E-state index contributed by atoms with van der Waals surface area (Å²) in [6.07, 6.45) is 6.03. The molecule has 23 heavy (non-hydrogen) atoms. The fourth-order valence-corrected chi connectivity index (χ4v) is 2.57. The van der Waals surface area contributed by atoms with Gasteiger partial charge in [-0.15, -0.1) is 0 Å². The Morgan fingerprint density at radius 2 is 2.26 bits per heavy atom. The highest BCUT2D eigenvalue weighted by Gasteiger charge is 2.26. The first-order valence-corrected chi connectivity index (χ1v) is 7.27. The fraction of sp³-hybridized carbons (Fsp3) is 0.333. The standard InChI is InChI=1S/C15H16N4O4/c20-12-6-10(7-13(21)18-12)15(22)19-5-1-2-11(9-19)23-14-8-16-3-4-17-14/h3-4,6-8,11H,1-2,5,9H2,(H2,18,20,21). The van der Waals surface area contributed by atoms with Crippen LogP contribution in [0, 0.1) is 0 Å². The third-order valence-electron chi connectivity index (χ3n) is 3.57. The Bertz CT molecular complexity index is 747. The number of pyridine rings is 1. The molecule has 1 atom stereocenters. The Labute approximate surface area is 131 Å². The quantitative estimate of drug-likeness (QED) is 0.856. The summed E-state index contributed by atoms with van der Waals surface area (Å²) in [6, 6.07) is 2.42. The first kappa shape index (κ1) is 15.0. The van der Waals surface area contributed by atoms with E-state index in [9.17, 15) is 14.7 Å². The third-order valence-corrected chi connectivity index (χ3v) is 3.57. The zero-order chi connectivity index (χ0) is 16.2. The zero-order valence-corrected chi connectivity index (χ0v) is 12.3. The summed E-state index contributed by atoms with van der Waals surface area (Å²) < 4.78 is 5.73. The van der Waals surface area contributed by atoms with Crippen LogP contribution in [0.2, 0.25) is 0 Å². The van der Waals surface area contributed by atoms with Crippen molar-refractivity contribution in [2.24, 2.45) is 0 Å². The Morgan fingerprint density at radius 1 is 1.39 bits per heavy atom. The Morgan fingerprint density at radius 3 is 3.00 bits per heavy atom. The van der Waals surface area contributed by atoms with Crippen LogP contribution < -0.4 is 10.3 Å². The van der Waals surface area contributed by atoms with Crippen LogP contribution in [0.5, 0.6) is 11.8 Å². The lowest BCUT2D eigenvalue weighted by atomic mass is 10.1. The molecule has 1 fully saturated rings. The molecule has 3 heterocycles. The highest BCUT2D eigenvalue weighted by atomic mass is 16.5. The van der Waals surface area contributed by atoms with Gasteiger partial charge in [-0.05, 0) is 12.8 Å². The number of ether oxygens (including phenoxy) is 1. The number of carbonyl (C=O) groups is 1. The van der Waals surface area contributed by atoms with Gasteiger partial charge < -0.3 is 14.7 Å². The zero-order valence-electron chi connectivity index (χ0n) is 12.3. The van der Waals surface area contributed by atoms with Gasteiger partial charge in [0.2, 0.25) is 5.88 Å². The topological polar surface area (TPSA) is 108 Å². The molecule has 1 aliphatic rings. The number of H-pyrrole nitrogens is 1. The molecule has 0 spiro atoms. The van der Waals surface area contributed by atoms with E-state index >= 15 is 0 Å². The van der Waals surface area contributed by atoms with E-state index in [2.05, 4.69) is 15.0 Å². The van der Waals surface area contributed by atoms with Crippen LogP contribution in [-0.4, -0.2) is 50.1 Å². The highest BCUT2D eigenvalue weighted by Crippen LogP contribution is 2.18. The summed E-state index contributed by atoms with van der Waals surface area (Å²) in [5.74, 6) is -0.218. The highest BCUT2D eigenvalue weighted by molar-refractivity contribution is 5.94. The van der Waals surface area contributed by atoms with Crippen LogP contribution in [0.3, 0.4) is 0 Å². The van der Waals surface area contributed by atoms with Crippen molar-refractivity contribution in [1.82, 2.24) is 19.9 Å². The van der Waals surface area contributed by atoms with E-state index in [1.165, 1.54) is 18.3 Å². The Hall–Kier alpha value is -2.90. The predicted molar refractivity (Wildman–Crippen MR) is 80.3 cm³/mol. The van der Waals surface area contributed by atoms with Gasteiger partial charge >= 0.3 is 0 Å². The van der Waals surface area contributed by atoms with E-state index in [1.54, 1.807) is 17.3 Å². The molecular formula is C15H16N4O4. The fourth-order valence-electron chi connectivity index (χ4n) is 2.57. The lowest BCUT2D eigenvalue weighted by molar-refractivity contribution is 0.0526. The molecule has 0 saturated carbocycles. The maximum Gasteiger partial charge on any atom is 0.254 e. The number of aromatic hydroxyl groups is 1. The summed E-state index contributed by atoms with van der Waals surface area (Å²) >= 11 is 0. The van der Waals surface area contributed by atoms with Crippen molar-refractivity contribution in [2.45, 2.75) is 18.9 Å². The molecule has 1 amide bonds. The number of hydrogen-bond acceptors (Lipinski definition) is 6. The molecule has 2 N–H and O–H groups in total. The average Bonchev–Trinajstić information content (AvgIpc) is 2.54. The van der Waals surface area contributed by atoms with Crippen molar-refractivity contribution in [3.63, 3.8) is 0 Å². The predicted octanol–water partition coefficient (Wildman–Crippen LogP) is 0.554. The monoisotopic (exact) mass is 316 g/mol. The number of rotatable bonds is 3. The van der Waals surface area contributed by atoms with Crippen molar-refractivity contribution in [1.29, 1.82) is 0 Å². The lowest BCUT2D eigenvalue weighted by Crippen LogP contribution is -2.44. The first-order chi connectivity index (χ1) is 11.1. The van der Waals surface area contributed by atoms with Gasteiger partial charge in [-0.3, -0.25) is 19.6 Å². The molecule has 0 aliphatic carbocycles. The van der Waals surface area contributed by atoms with E-state index < -0.39 is 5.56 Å². The second kappa shape index (κ2) is 6.47. The van der Waals surface area contributed by atoms with Crippen LogP contribution in [0.4, 0.5) is 0 Å². The minimum atomic E-state index is -0.516. The molecule has 2 aromatic heterocycles. The molecule has 120 valence electrons. The van der Waals surface area contributed by atoms with E-state index in [1.807, 2.05) is 0 Å². The van der Waals surface area contributed by atoms with Crippen LogP contribution in [0.15, 0.2) is 35.5 Å². The molecule has 2 aromatic rings. The summed E-state index contributed by atoms with van der Waals surface area (Å²) in [7, 11) is 0. The van der Waals surface area contributed by atoms with E-state index in [0.29, 0.717) is 19.0 Å². The van der Waals surface area contributed by atoms with E-state index in [0.717, 1.165) is 12.8 Å². The Kier molecular flexibility index (Phi) is 4.22. The maximum absolute atomic E-state index is 12.5. The SMILES string of the molecule is O=C(c1cc(O)[nH]c(=O)c1)N1CCCC(Oc2cnccn2)C1. The van der Waals surface area contributed by atoms with Gasteiger partial charge in [-0.1, -0.05) is 0 Å². The molecular weight excluding hydrogens is 300 g/mol. The first-order valence-electron chi connectivity index (χ1n) is 7.27. The van der Waals surface area contributed by atoms with Gasteiger partial charge in [0.05, 0.1) is 18.3 Å². The second-order valence-electron chi connectivity index (χ2n) is 5.30. The molecule has 8 heteroatoms. The van der Waals surface area contributed by atoms with Crippen LogP contribution in [0.25, 0.3) is 0 Å². The van der Waals surface area contributed by atoms with Gasteiger partial charge in [0.15, 0.2) is 5.88 Å². The molecule has 0 bridgehead atoms. The van der Waals surface area contributed by atoms with Gasteiger partial charge in [-0.25, -0.2) is 4.98 Å². The summed E-state index contributed by atoms with van der Waals surface area (Å²) in [5, 5.41) is 9.42. The molecule has 1 aliphatic heterocycles.